The second-order valence-electron chi connectivity index (χ2n) is 11.7. The number of carbonyl (C=O) groups is 2. The smallest absolute Gasteiger partial charge is 0.303 e. The SMILES string of the molecule is CCC(CO)(CO)CO.CCCCCCCCCCCCCC(=O)O.CCCCCCCCCCCCCC(=O)O. The molecule has 0 aromatic heterocycles. The van der Waals surface area contributed by atoms with Crippen molar-refractivity contribution in [1.29, 1.82) is 0 Å². The van der Waals surface area contributed by atoms with E-state index in [-0.39, 0.29) is 19.8 Å². The van der Waals surface area contributed by atoms with E-state index >= 15 is 0 Å². The van der Waals surface area contributed by atoms with E-state index in [0.717, 1.165) is 25.7 Å². The molecule has 7 nitrogen and oxygen atoms in total. The first kappa shape index (κ1) is 44.3. The van der Waals surface area contributed by atoms with Gasteiger partial charge < -0.3 is 25.5 Å². The van der Waals surface area contributed by atoms with Crippen LogP contribution >= 0.6 is 0 Å². The van der Waals surface area contributed by atoms with E-state index in [1.165, 1.54) is 116 Å². The fourth-order valence-electron chi connectivity index (χ4n) is 4.37. The predicted octanol–water partition coefficient (Wildman–Crippen LogP) is 8.90. The number of carboxylic acids is 2. The molecule has 0 radical (unpaired) electrons. The van der Waals surface area contributed by atoms with Crippen LogP contribution in [0.25, 0.3) is 0 Å². The first-order valence-corrected chi connectivity index (χ1v) is 17.0. The highest BCUT2D eigenvalue weighted by molar-refractivity contribution is 5.66. The number of aliphatic carboxylic acids is 2. The van der Waals surface area contributed by atoms with Crippen LogP contribution in [0, 0.1) is 5.41 Å². The summed E-state index contributed by atoms with van der Waals surface area (Å²) in [6.45, 7) is 5.85. The maximum atomic E-state index is 10.3. The second kappa shape index (κ2) is 36.8. The van der Waals surface area contributed by atoms with Gasteiger partial charge in [0.05, 0.1) is 19.8 Å². The number of aliphatic hydroxyl groups is 3. The fourth-order valence-corrected chi connectivity index (χ4v) is 4.37. The third-order valence-corrected chi connectivity index (χ3v) is 7.74. The van der Waals surface area contributed by atoms with Crippen LogP contribution in [0.5, 0.6) is 0 Å². The maximum absolute atomic E-state index is 10.3. The molecule has 0 aromatic carbocycles. The minimum Gasteiger partial charge on any atom is -0.481 e. The van der Waals surface area contributed by atoms with Gasteiger partial charge in [-0.05, 0) is 19.3 Å². The Hall–Kier alpha value is -1.18. The predicted molar refractivity (Wildman–Crippen MR) is 171 cm³/mol. The third kappa shape index (κ3) is 38.8. The molecule has 7 heteroatoms. The quantitative estimate of drug-likeness (QED) is 0.0574. The summed E-state index contributed by atoms with van der Waals surface area (Å²) in [7, 11) is 0. The Balaban J connectivity index is -0.000000551. The Morgan fingerprint density at radius 3 is 0.780 bits per heavy atom. The van der Waals surface area contributed by atoms with Crippen molar-refractivity contribution in [2.45, 2.75) is 181 Å². The number of unbranched alkanes of at least 4 members (excludes halogenated alkanes) is 20. The van der Waals surface area contributed by atoms with Gasteiger partial charge in [0.15, 0.2) is 0 Å². The number of hydrogen-bond acceptors (Lipinski definition) is 5. The van der Waals surface area contributed by atoms with Gasteiger partial charge in [0.25, 0.3) is 0 Å². The van der Waals surface area contributed by atoms with Gasteiger partial charge in [-0.3, -0.25) is 9.59 Å². The zero-order valence-electron chi connectivity index (χ0n) is 27.4. The zero-order valence-corrected chi connectivity index (χ0v) is 27.4. The van der Waals surface area contributed by atoms with Crippen LogP contribution in [-0.2, 0) is 9.59 Å². The summed E-state index contributed by atoms with van der Waals surface area (Å²) in [6, 6.07) is 0. The summed E-state index contributed by atoms with van der Waals surface area (Å²) in [5.41, 5.74) is -0.667. The Bertz CT molecular complexity index is 468. The van der Waals surface area contributed by atoms with E-state index in [2.05, 4.69) is 13.8 Å². The van der Waals surface area contributed by atoms with Gasteiger partial charge in [-0.15, -0.1) is 0 Å². The fraction of sp³-hybridized carbons (Fsp3) is 0.941. The van der Waals surface area contributed by atoms with Crippen LogP contribution in [0.3, 0.4) is 0 Å². The van der Waals surface area contributed by atoms with Crippen LogP contribution in [0.4, 0.5) is 0 Å². The van der Waals surface area contributed by atoms with Gasteiger partial charge in [0.1, 0.15) is 0 Å². The number of hydrogen-bond donors (Lipinski definition) is 5. The summed E-state index contributed by atoms with van der Waals surface area (Å²) in [5, 5.41) is 42.9. The summed E-state index contributed by atoms with van der Waals surface area (Å²) < 4.78 is 0. The van der Waals surface area contributed by atoms with Gasteiger partial charge in [0, 0.05) is 18.3 Å². The zero-order chi connectivity index (χ0) is 31.5. The van der Waals surface area contributed by atoms with E-state index in [1.54, 1.807) is 0 Å². The third-order valence-electron chi connectivity index (χ3n) is 7.74. The minimum absolute atomic E-state index is 0.156. The van der Waals surface area contributed by atoms with E-state index in [0.29, 0.717) is 19.3 Å². The Morgan fingerprint density at radius 2 is 0.634 bits per heavy atom. The average Bonchev–Trinajstić information content (AvgIpc) is 2.96. The Kier molecular flexibility index (Phi) is 39.8. The Labute approximate surface area is 253 Å². The van der Waals surface area contributed by atoms with Crippen molar-refractivity contribution in [3.63, 3.8) is 0 Å². The van der Waals surface area contributed by atoms with Crippen LogP contribution in [0.15, 0.2) is 0 Å². The van der Waals surface area contributed by atoms with Crippen molar-refractivity contribution in [2.75, 3.05) is 19.8 Å². The second-order valence-corrected chi connectivity index (χ2v) is 11.7. The molecule has 0 bridgehead atoms. The molecule has 248 valence electrons. The molecule has 5 N–H and O–H groups in total. The van der Waals surface area contributed by atoms with Crippen LogP contribution in [0.2, 0.25) is 0 Å². The van der Waals surface area contributed by atoms with Crippen LogP contribution in [-0.4, -0.2) is 57.3 Å². The highest BCUT2D eigenvalue weighted by Gasteiger charge is 2.24. The summed E-state index contributed by atoms with van der Waals surface area (Å²) >= 11 is 0. The molecule has 0 atom stereocenters. The molecule has 0 spiro atoms. The van der Waals surface area contributed by atoms with E-state index < -0.39 is 17.4 Å². The number of aliphatic hydroxyl groups excluding tert-OH is 3. The van der Waals surface area contributed by atoms with Gasteiger partial charge in [-0.25, -0.2) is 0 Å². The lowest BCUT2D eigenvalue weighted by Gasteiger charge is -2.24. The lowest BCUT2D eigenvalue weighted by molar-refractivity contribution is -0.138. The van der Waals surface area contributed by atoms with Gasteiger partial charge in [-0.2, -0.15) is 0 Å². The molecule has 0 heterocycles. The monoisotopic (exact) mass is 591 g/mol. The van der Waals surface area contributed by atoms with Crippen molar-refractivity contribution in [3.8, 4) is 0 Å². The molecule has 0 saturated carbocycles. The molecule has 0 aliphatic rings. The van der Waals surface area contributed by atoms with Crippen molar-refractivity contribution in [1.82, 2.24) is 0 Å². The largest absolute Gasteiger partial charge is 0.481 e. The van der Waals surface area contributed by atoms with Crippen molar-refractivity contribution >= 4 is 11.9 Å². The Morgan fingerprint density at radius 1 is 0.415 bits per heavy atom. The molecule has 41 heavy (non-hydrogen) atoms. The average molecular weight is 591 g/mol. The lowest BCUT2D eigenvalue weighted by Crippen LogP contribution is -2.32. The molecule has 0 aromatic rings. The normalized spacial score (nSPS) is 10.9. The summed E-state index contributed by atoms with van der Waals surface area (Å²) in [5.74, 6) is -1.31. The highest BCUT2D eigenvalue weighted by atomic mass is 16.4. The molecule has 0 aliphatic carbocycles. The molecular formula is C34H70O7. The molecular weight excluding hydrogens is 520 g/mol. The lowest BCUT2D eigenvalue weighted by atomic mass is 9.88. The van der Waals surface area contributed by atoms with Crippen LogP contribution < -0.4 is 0 Å². The first-order chi connectivity index (χ1) is 19.8. The van der Waals surface area contributed by atoms with Gasteiger partial charge in [0.2, 0.25) is 0 Å². The maximum Gasteiger partial charge on any atom is 0.303 e. The summed E-state index contributed by atoms with van der Waals surface area (Å²) in [4.78, 5) is 20.5. The molecule has 0 fully saturated rings. The standard InChI is InChI=1S/2C14H28O2.C6H14O3/c2*1-2-3-4-5-6-7-8-9-10-11-12-13-14(15)16;1-2-6(3-7,4-8)5-9/h2*2-13H2,1H3,(H,15,16);7-9H,2-5H2,1H3. The first-order valence-electron chi connectivity index (χ1n) is 17.0. The number of carboxylic acid groups (broad SMARTS) is 2. The molecule has 0 amide bonds. The van der Waals surface area contributed by atoms with Gasteiger partial charge >= 0.3 is 11.9 Å². The molecule has 0 saturated heterocycles. The molecule has 0 rings (SSSR count). The summed E-state index contributed by atoms with van der Waals surface area (Å²) in [6.07, 6.45) is 29.3. The van der Waals surface area contributed by atoms with Crippen LogP contribution in [0.1, 0.15) is 181 Å². The molecule has 0 aliphatic heterocycles. The highest BCUT2D eigenvalue weighted by Crippen LogP contribution is 2.18. The van der Waals surface area contributed by atoms with E-state index in [9.17, 15) is 9.59 Å². The topological polar surface area (TPSA) is 135 Å². The van der Waals surface area contributed by atoms with E-state index in [1.807, 2.05) is 6.92 Å². The van der Waals surface area contributed by atoms with Gasteiger partial charge in [-0.1, -0.05) is 149 Å². The van der Waals surface area contributed by atoms with Crippen molar-refractivity contribution in [3.05, 3.63) is 0 Å². The number of rotatable bonds is 28. The minimum atomic E-state index is -0.667. The van der Waals surface area contributed by atoms with Crippen molar-refractivity contribution in [2.24, 2.45) is 5.41 Å². The molecule has 0 unspecified atom stereocenters. The van der Waals surface area contributed by atoms with Crippen molar-refractivity contribution < 1.29 is 35.1 Å². The van der Waals surface area contributed by atoms with E-state index in [4.69, 9.17) is 25.5 Å².